The summed E-state index contributed by atoms with van der Waals surface area (Å²) in [4.78, 5) is 15.5. The van der Waals surface area contributed by atoms with Crippen LogP contribution in [-0.2, 0) is 7.05 Å². The molecule has 0 spiro atoms. The number of hydrogen-bond donors (Lipinski definition) is 1. The lowest BCUT2D eigenvalue weighted by molar-refractivity contribution is 0.0897. The first kappa shape index (κ1) is 18.1. The van der Waals surface area contributed by atoms with E-state index in [1.807, 2.05) is 23.7 Å². The molecule has 2 aliphatic rings. The summed E-state index contributed by atoms with van der Waals surface area (Å²) in [5.41, 5.74) is 1.80. The number of halogens is 1. The Morgan fingerprint density at radius 3 is 2.54 bits per heavy atom. The van der Waals surface area contributed by atoms with Crippen LogP contribution in [0.4, 0.5) is 0 Å². The van der Waals surface area contributed by atoms with Crippen LogP contribution in [0, 0.1) is 5.92 Å². The molecule has 2 fully saturated rings. The quantitative estimate of drug-likeness (QED) is 0.803. The van der Waals surface area contributed by atoms with Gasteiger partial charge < -0.3 is 14.8 Å². The van der Waals surface area contributed by atoms with E-state index in [-0.39, 0.29) is 11.9 Å². The van der Waals surface area contributed by atoms with Gasteiger partial charge in [0.2, 0.25) is 0 Å². The Hall–Kier alpha value is -1.33. The van der Waals surface area contributed by atoms with Crippen molar-refractivity contribution in [1.29, 1.82) is 0 Å². The van der Waals surface area contributed by atoms with Gasteiger partial charge >= 0.3 is 0 Å². The van der Waals surface area contributed by atoms with Crippen molar-refractivity contribution in [3.05, 3.63) is 34.4 Å². The van der Waals surface area contributed by atoms with E-state index in [2.05, 4.69) is 38.3 Å². The smallest absolute Gasteiger partial charge is 0.269 e. The molecule has 1 saturated heterocycles. The Morgan fingerprint density at radius 2 is 1.85 bits per heavy atom. The number of carbonyl (C=O) groups excluding carboxylic acids is 1. The fourth-order valence-corrected chi connectivity index (χ4v) is 5.45. The van der Waals surface area contributed by atoms with E-state index < -0.39 is 0 Å². The molecule has 1 aliphatic carbocycles. The third-order valence-corrected chi connectivity index (χ3v) is 6.98. The molecule has 1 saturated carbocycles. The van der Waals surface area contributed by atoms with Gasteiger partial charge in [-0.2, -0.15) is 0 Å². The highest BCUT2D eigenvalue weighted by Crippen LogP contribution is 2.30. The number of nitrogens with one attached hydrogen (secondary N) is 1. The number of likely N-dealkylation sites (tertiary alicyclic amines) is 1. The number of piperidine rings is 1. The third kappa shape index (κ3) is 3.56. The maximum Gasteiger partial charge on any atom is 0.269 e. The molecule has 1 N–H and O–H groups in total. The van der Waals surface area contributed by atoms with Crippen LogP contribution in [0.2, 0.25) is 0 Å². The number of amides is 1. The zero-order valence-electron chi connectivity index (χ0n) is 15.5. The molecule has 4 rings (SSSR count). The normalized spacial score (nSPS) is 20.1. The van der Waals surface area contributed by atoms with Gasteiger partial charge in [0.05, 0.1) is 4.47 Å². The van der Waals surface area contributed by atoms with Gasteiger partial charge in [-0.05, 0) is 53.6 Å². The lowest BCUT2D eigenvalue weighted by atomic mass is 10.0. The monoisotopic (exact) mass is 417 g/mol. The predicted molar refractivity (Wildman–Crippen MR) is 110 cm³/mol. The summed E-state index contributed by atoms with van der Waals surface area (Å²) in [6.07, 6.45) is 7.76. The van der Waals surface area contributed by atoms with E-state index in [9.17, 15) is 4.79 Å². The van der Waals surface area contributed by atoms with Gasteiger partial charge in [-0.3, -0.25) is 4.79 Å². The number of hydrogen-bond acceptors (Lipinski definition) is 2. The fraction of sp³-hybridized carbons (Fsp3) is 0.571. The van der Waals surface area contributed by atoms with Gasteiger partial charge in [0.1, 0.15) is 5.69 Å². The maximum absolute atomic E-state index is 12.9. The number of benzene rings is 1. The zero-order chi connectivity index (χ0) is 18.1. The van der Waals surface area contributed by atoms with Crippen LogP contribution in [0.3, 0.4) is 0 Å². The van der Waals surface area contributed by atoms with Crippen LogP contribution in [0.5, 0.6) is 0 Å². The van der Waals surface area contributed by atoms with E-state index in [0.29, 0.717) is 0 Å². The summed E-state index contributed by atoms with van der Waals surface area (Å²) >= 11 is 3.64. The van der Waals surface area contributed by atoms with Gasteiger partial charge in [-0.25, -0.2) is 0 Å². The lowest BCUT2D eigenvalue weighted by Gasteiger charge is -2.33. The van der Waals surface area contributed by atoms with E-state index in [0.717, 1.165) is 52.9 Å². The van der Waals surface area contributed by atoms with E-state index in [4.69, 9.17) is 0 Å². The van der Waals surface area contributed by atoms with Gasteiger partial charge in [0.25, 0.3) is 5.91 Å². The van der Waals surface area contributed by atoms with Crippen molar-refractivity contribution < 1.29 is 4.79 Å². The molecule has 26 heavy (non-hydrogen) atoms. The lowest BCUT2D eigenvalue weighted by Crippen LogP contribution is -2.46. The van der Waals surface area contributed by atoms with Crippen molar-refractivity contribution in [1.82, 2.24) is 14.8 Å². The second kappa shape index (κ2) is 7.73. The van der Waals surface area contributed by atoms with Crippen molar-refractivity contribution in [3.63, 3.8) is 0 Å². The Labute approximate surface area is 164 Å². The highest BCUT2D eigenvalue weighted by atomic mass is 79.9. The molecule has 1 aliphatic heterocycles. The molecule has 140 valence electrons. The average molecular weight is 418 g/mol. The van der Waals surface area contributed by atoms with Crippen LogP contribution in [0.1, 0.15) is 49.0 Å². The molecule has 0 unspecified atom stereocenters. The first-order valence-corrected chi connectivity index (χ1v) is 10.7. The molecule has 4 nitrogen and oxygen atoms in total. The summed E-state index contributed by atoms with van der Waals surface area (Å²) in [6, 6.07) is 8.41. The van der Waals surface area contributed by atoms with Crippen molar-refractivity contribution in [2.24, 2.45) is 13.0 Å². The molecule has 2 heterocycles. The molecule has 2 aromatic rings. The first-order valence-electron chi connectivity index (χ1n) is 9.89. The largest absolute Gasteiger partial charge is 0.348 e. The van der Waals surface area contributed by atoms with Gasteiger partial charge in [0, 0.05) is 43.6 Å². The maximum atomic E-state index is 12.9. The van der Waals surface area contributed by atoms with Gasteiger partial charge in [0.15, 0.2) is 0 Å². The Balaban J connectivity index is 1.37. The highest BCUT2D eigenvalue weighted by molar-refractivity contribution is 9.10. The number of aryl methyl sites for hydroxylation is 1. The summed E-state index contributed by atoms with van der Waals surface area (Å²) in [5.74, 6) is 0.942. The number of carbonyl (C=O) groups is 1. The summed E-state index contributed by atoms with van der Waals surface area (Å²) in [6.45, 7) is 3.48. The van der Waals surface area contributed by atoms with E-state index >= 15 is 0 Å². The van der Waals surface area contributed by atoms with Gasteiger partial charge in [-0.1, -0.05) is 31.0 Å². The van der Waals surface area contributed by atoms with Crippen molar-refractivity contribution >= 4 is 32.7 Å². The second-order valence-electron chi connectivity index (χ2n) is 7.94. The third-order valence-electron chi connectivity index (χ3n) is 6.17. The van der Waals surface area contributed by atoms with Crippen LogP contribution >= 0.6 is 15.9 Å². The summed E-state index contributed by atoms with van der Waals surface area (Å²) in [7, 11) is 1.96. The Kier molecular flexibility index (Phi) is 5.37. The number of aromatic nitrogens is 1. The molecule has 0 atom stereocenters. The Morgan fingerprint density at radius 1 is 1.15 bits per heavy atom. The zero-order valence-corrected chi connectivity index (χ0v) is 17.1. The van der Waals surface area contributed by atoms with E-state index in [1.165, 1.54) is 32.2 Å². The predicted octanol–water partition coefficient (Wildman–Crippen LogP) is 4.33. The molecular formula is C21H28BrN3O. The molecule has 1 aromatic carbocycles. The van der Waals surface area contributed by atoms with Crippen LogP contribution in [0.15, 0.2) is 28.7 Å². The van der Waals surface area contributed by atoms with Crippen molar-refractivity contribution in [2.45, 2.75) is 44.6 Å². The molecule has 1 amide bonds. The number of fused-ring (bicyclic) bond motifs is 1. The molecule has 0 radical (unpaired) electrons. The molecular weight excluding hydrogens is 390 g/mol. The minimum absolute atomic E-state index is 0.0322. The molecule has 0 bridgehead atoms. The van der Waals surface area contributed by atoms with Crippen LogP contribution in [-0.4, -0.2) is 41.1 Å². The van der Waals surface area contributed by atoms with Crippen molar-refractivity contribution in [3.8, 4) is 0 Å². The van der Waals surface area contributed by atoms with Crippen LogP contribution in [0.25, 0.3) is 10.9 Å². The summed E-state index contributed by atoms with van der Waals surface area (Å²) in [5, 5.41) is 4.36. The minimum Gasteiger partial charge on any atom is -0.348 e. The molecule has 1 aromatic heterocycles. The highest BCUT2D eigenvalue weighted by Gasteiger charge is 2.26. The molecule has 5 heteroatoms. The van der Waals surface area contributed by atoms with Crippen molar-refractivity contribution in [2.75, 3.05) is 19.6 Å². The number of nitrogens with zero attached hydrogens (tertiary/aromatic N) is 2. The SMILES string of the molecule is Cn1c(C(=O)NC2CCN(CC3CCCC3)CC2)c(Br)c2ccccc21. The van der Waals surface area contributed by atoms with Gasteiger partial charge in [-0.15, -0.1) is 0 Å². The minimum atomic E-state index is 0.0322. The summed E-state index contributed by atoms with van der Waals surface area (Å²) < 4.78 is 2.89. The fourth-order valence-electron chi connectivity index (χ4n) is 4.67. The standard InChI is InChI=1S/C21H28BrN3O/c1-24-18-9-5-4-8-17(18)19(22)20(24)21(26)23-16-10-12-25(13-11-16)14-15-6-2-3-7-15/h4-5,8-9,15-16H,2-3,6-7,10-14H2,1H3,(H,23,26). The average Bonchev–Trinajstić information content (AvgIpc) is 3.24. The Bertz CT molecular complexity index is 747. The topological polar surface area (TPSA) is 37.3 Å². The second-order valence-corrected chi connectivity index (χ2v) is 8.73. The first-order chi connectivity index (χ1) is 12.6. The number of rotatable bonds is 4. The van der Waals surface area contributed by atoms with E-state index in [1.54, 1.807) is 0 Å². The van der Waals surface area contributed by atoms with Crippen LogP contribution < -0.4 is 5.32 Å². The number of para-hydroxylation sites is 1.